The van der Waals surface area contributed by atoms with E-state index < -0.39 is 11.5 Å². The van der Waals surface area contributed by atoms with Gasteiger partial charge in [0.1, 0.15) is 11.3 Å². The average Bonchev–Trinajstić information content (AvgIpc) is 3.14. The topological polar surface area (TPSA) is 81.4 Å². The summed E-state index contributed by atoms with van der Waals surface area (Å²) in [6.07, 6.45) is 0.831. The first kappa shape index (κ1) is 16.9. The van der Waals surface area contributed by atoms with Gasteiger partial charge in [-0.25, -0.2) is 9.78 Å². The fourth-order valence-corrected chi connectivity index (χ4v) is 3.73. The molecule has 2 aromatic rings. The minimum absolute atomic E-state index is 0.0663. The molecule has 0 spiro atoms. The first-order valence-corrected chi connectivity index (χ1v) is 8.71. The van der Waals surface area contributed by atoms with Gasteiger partial charge < -0.3 is 14.5 Å². The maximum Gasteiger partial charge on any atom is 0.349 e. The summed E-state index contributed by atoms with van der Waals surface area (Å²) in [7, 11) is 0. The molecular formula is C17H20N2O4S. The van der Waals surface area contributed by atoms with Gasteiger partial charge in [-0.3, -0.25) is 4.79 Å². The molecule has 1 atom stereocenters. The fraction of sp³-hybridized carbons (Fsp3) is 0.471. The van der Waals surface area contributed by atoms with Crippen molar-refractivity contribution in [1.29, 1.82) is 0 Å². The van der Waals surface area contributed by atoms with Crippen molar-refractivity contribution >= 4 is 17.2 Å². The SMILES string of the molecule is Cc1nc(C)c(CNC(=O)c2c(C)cc(C3CCOC3)oc2=O)s1. The Bertz CT molecular complexity index is 818. The van der Waals surface area contributed by atoms with E-state index in [0.717, 1.165) is 22.0 Å². The van der Waals surface area contributed by atoms with E-state index in [2.05, 4.69) is 10.3 Å². The third-order valence-corrected chi connectivity index (χ3v) is 5.21. The van der Waals surface area contributed by atoms with E-state index in [-0.39, 0.29) is 11.5 Å². The third-order valence-electron chi connectivity index (χ3n) is 4.14. The molecule has 0 saturated carbocycles. The van der Waals surface area contributed by atoms with Gasteiger partial charge in [0, 0.05) is 17.4 Å². The molecule has 1 amide bonds. The highest BCUT2D eigenvalue weighted by molar-refractivity contribution is 7.11. The number of carbonyl (C=O) groups excluding carboxylic acids is 1. The molecule has 0 radical (unpaired) electrons. The molecule has 0 aromatic carbocycles. The lowest BCUT2D eigenvalue weighted by atomic mass is 10.0. The maximum absolute atomic E-state index is 12.4. The van der Waals surface area contributed by atoms with Gasteiger partial charge in [0.2, 0.25) is 0 Å². The monoisotopic (exact) mass is 348 g/mol. The molecule has 0 bridgehead atoms. The van der Waals surface area contributed by atoms with E-state index in [1.165, 1.54) is 11.3 Å². The van der Waals surface area contributed by atoms with Crippen LogP contribution in [0.4, 0.5) is 0 Å². The summed E-state index contributed by atoms with van der Waals surface area (Å²) in [5.74, 6) is 0.276. The van der Waals surface area contributed by atoms with Crippen LogP contribution in [0.2, 0.25) is 0 Å². The van der Waals surface area contributed by atoms with Crippen LogP contribution in [0, 0.1) is 20.8 Å². The van der Waals surface area contributed by atoms with E-state index in [4.69, 9.17) is 9.15 Å². The highest BCUT2D eigenvalue weighted by atomic mass is 32.1. The van der Waals surface area contributed by atoms with Gasteiger partial charge in [0.15, 0.2) is 0 Å². The van der Waals surface area contributed by atoms with E-state index in [0.29, 0.717) is 31.1 Å². The van der Waals surface area contributed by atoms with Crippen LogP contribution in [-0.2, 0) is 11.3 Å². The first-order chi connectivity index (χ1) is 11.5. The molecule has 6 nitrogen and oxygen atoms in total. The zero-order valence-electron chi connectivity index (χ0n) is 14.0. The lowest BCUT2D eigenvalue weighted by Crippen LogP contribution is -2.29. The number of hydrogen-bond acceptors (Lipinski definition) is 6. The zero-order chi connectivity index (χ0) is 17.3. The molecule has 3 heterocycles. The highest BCUT2D eigenvalue weighted by Gasteiger charge is 2.24. The Hall–Kier alpha value is -1.99. The molecule has 1 unspecified atom stereocenters. The van der Waals surface area contributed by atoms with Gasteiger partial charge in [0.05, 0.1) is 23.9 Å². The van der Waals surface area contributed by atoms with Crippen molar-refractivity contribution in [2.75, 3.05) is 13.2 Å². The number of thiazole rings is 1. The van der Waals surface area contributed by atoms with E-state index in [9.17, 15) is 9.59 Å². The molecule has 2 aromatic heterocycles. The van der Waals surface area contributed by atoms with Crippen molar-refractivity contribution in [3.05, 3.63) is 49.0 Å². The highest BCUT2D eigenvalue weighted by Crippen LogP contribution is 2.25. The third kappa shape index (κ3) is 3.42. The van der Waals surface area contributed by atoms with Gasteiger partial charge in [0.25, 0.3) is 5.91 Å². The summed E-state index contributed by atoms with van der Waals surface area (Å²) in [5.41, 5.74) is 1.00. The van der Waals surface area contributed by atoms with Crippen molar-refractivity contribution in [2.24, 2.45) is 0 Å². The molecule has 1 aliphatic rings. The van der Waals surface area contributed by atoms with Gasteiger partial charge in [-0.2, -0.15) is 0 Å². The number of aromatic nitrogens is 1. The number of carbonyl (C=O) groups is 1. The van der Waals surface area contributed by atoms with Crippen LogP contribution in [0.1, 0.15) is 49.6 Å². The van der Waals surface area contributed by atoms with E-state index in [1.54, 1.807) is 13.0 Å². The Morgan fingerprint density at radius 1 is 1.42 bits per heavy atom. The lowest BCUT2D eigenvalue weighted by molar-refractivity contribution is 0.0946. The number of ether oxygens (including phenoxy) is 1. The van der Waals surface area contributed by atoms with Crippen molar-refractivity contribution in [1.82, 2.24) is 10.3 Å². The number of rotatable bonds is 4. The predicted molar refractivity (Wildman–Crippen MR) is 90.7 cm³/mol. The van der Waals surface area contributed by atoms with E-state index >= 15 is 0 Å². The predicted octanol–water partition coefficient (Wildman–Crippen LogP) is 2.46. The fourth-order valence-electron chi connectivity index (χ4n) is 2.85. The quantitative estimate of drug-likeness (QED) is 0.918. The molecule has 1 N–H and O–H groups in total. The van der Waals surface area contributed by atoms with Crippen LogP contribution in [0.5, 0.6) is 0 Å². The molecule has 24 heavy (non-hydrogen) atoms. The Balaban J connectivity index is 1.77. The Morgan fingerprint density at radius 2 is 2.21 bits per heavy atom. The number of aryl methyl sites for hydroxylation is 3. The minimum Gasteiger partial charge on any atom is -0.427 e. The van der Waals surface area contributed by atoms with Gasteiger partial charge in [-0.15, -0.1) is 11.3 Å². The summed E-state index contributed by atoms with van der Waals surface area (Å²) in [6.45, 7) is 7.16. The second kappa shape index (κ2) is 6.86. The van der Waals surface area contributed by atoms with Crippen molar-refractivity contribution in [2.45, 2.75) is 39.7 Å². The molecule has 7 heteroatoms. The van der Waals surface area contributed by atoms with Crippen LogP contribution < -0.4 is 10.9 Å². The summed E-state index contributed by atoms with van der Waals surface area (Å²) < 4.78 is 10.7. The molecule has 128 valence electrons. The molecular weight excluding hydrogens is 328 g/mol. The standard InChI is InChI=1S/C17H20N2O4S/c1-9-6-13(12-4-5-22-8-12)23-17(21)15(9)16(20)18-7-14-10(2)19-11(3)24-14/h6,12H,4-5,7-8H2,1-3H3,(H,18,20). The van der Waals surface area contributed by atoms with Crippen LogP contribution in [0.25, 0.3) is 0 Å². The van der Waals surface area contributed by atoms with Gasteiger partial charge in [-0.05, 0) is 38.8 Å². The largest absolute Gasteiger partial charge is 0.427 e. The Labute approximate surface area is 143 Å². The summed E-state index contributed by atoms with van der Waals surface area (Å²) in [4.78, 5) is 30.0. The molecule has 3 rings (SSSR count). The van der Waals surface area contributed by atoms with Crippen molar-refractivity contribution < 1.29 is 13.9 Å². The molecule has 1 aliphatic heterocycles. The van der Waals surface area contributed by atoms with Crippen LogP contribution >= 0.6 is 11.3 Å². The van der Waals surface area contributed by atoms with Gasteiger partial charge in [-0.1, -0.05) is 0 Å². The minimum atomic E-state index is -0.591. The second-order valence-corrected chi connectivity index (χ2v) is 7.27. The van der Waals surface area contributed by atoms with Crippen molar-refractivity contribution in [3.8, 4) is 0 Å². The molecule has 1 saturated heterocycles. The Kier molecular flexibility index (Phi) is 4.82. The smallest absolute Gasteiger partial charge is 0.349 e. The lowest BCUT2D eigenvalue weighted by Gasteiger charge is -2.10. The maximum atomic E-state index is 12.4. The Morgan fingerprint density at radius 3 is 2.79 bits per heavy atom. The van der Waals surface area contributed by atoms with Gasteiger partial charge >= 0.3 is 5.63 Å². The molecule has 0 aliphatic carbocycles. The summed E-state index contributed by atoms with van der Waals surface area (Å²) >= 11 is 1.54. The summed E-state index contributed by atoms with van der Waals surface area (Å²) in [5, 5.41) is 3.74. The van der Waals surface area contributed by atoms with Crippen molar-refractivity contribution in [3.63, 3.8) is 0 Å². The van der Waals surface area contributed by atoms with E-state index in [1.807, 2.05) is 13.8 Å². The normalized spacial score (nSPS) is 17.2. The zero-order valence-corrected chi connectivity index (χ0v) is 14.8. The van der Waals surface area contributed by atoms with Crippen LogP contribution in [-0.4, -0.2) is 24.1 Å². The number of amides is 1. The number of nitrogens with zero attached hydrogens (tertiary/aromatic N) is 1. The van der Waals surface area contributed by atoms with Crippen LogP contribution in [0.15, 0.2) is 15.3 Å². The summed E-state index contributed by atoms with van der Waals surface area (Å²) in [6, 6.07) is 1.78. The first-order valence-electron chi connectivity index (χ1n) is 7.89. The average molecular weight is 348 g/mol. The van der Waals surface area contributed by atoms with Crippen LogP contribution in [0.3, 0.4) is 0 Å². The number of hydrogen-bond donors (Lipinski definition) is 1. The number of nitrogens with one attached hydrogen (secondary N) is 1. The second-order valence-electron chi connectivity index (χ2n) is 5.98. The molecule has 1 fully saturated rings.